The Hall–Kier alpha value is -1.55. The maximum absolute atomic E-state index is 11.9. The van der Waals surface area contributed by atoms with Gasteiger partial charge >= 0.3 is 5.97 Å². The summed E-state index contributed by atoms with van der Waals surface area (Å²) in [4.78, 5) is 14.3. The Labute approximate surface area is 127 Å². The molecule has 0 radical (unpaired) electrons. The van der Waals surface area contributed by atoms with Crippen molar-refractivity contribution in [2.45, 2.75) is 51.6 Å². The summed E-state index contributed by atoms with van der Waals surface area (Å²) in [6, 6.07) is 8.96. The number of hydrogen-bond donors (Lipinski definition) is 1. The molecule has 21 heavy (non-hydrogen) atoms. The normalized spacial score (nSPS) is 20.6. The molecule has 0 saturated carbocycles. The molecule has 0 aliphatic carbocycles. The van der Waals surface area contributed by atoms with Crippen LogP contribution in [0.4, 0.5) is 5.69 Å². The van der Waals surface area contributed by atoms with Crippen molar-refractivity contribution in [3.05, 3.63) is 29.8 Å². The van der Waals surface area contributed by atoms with Crippen LogP contribution in [0.15, 0.2) is 24.3 Å². The molecule has 0 aromatic heterocycles. The second kappa shape index (κ2) is 6.48. The molecule has 1 aliphatic rings. The van der Waals surface area contributed by atoms with Crippen molar-refractivity contribution in [3.63, 3.8) is 0 Å². The van der Waals surface area contributed by atoms with Crippen molar-refractivity contribution in [2.24, 2.45) is 5.73 Å². The number of nitrogens with zero attached hydrogens (tertiary/aromatic N) is 1. The second-order valence-corrected chi connectivity index (χ2v) is 6.10. The number of hydrogen-bond acceptors (Lipinski definition) is 4. The van der Waals surface area contributed by atoms with Crippen LogP contribution in [0.1, 0.15) is 39.2 Å². The number of anilines is 1. The number of carbonyl (C=O) groups excluding carboxylic acids is 1. The monoisotopic (exact) mass is 290 g/mol. The van der Waals surface area contributed by atoms with E-state index in [-0.39, 0.29) is 5.97 Å². The fourth-order valence-electron chi connectivity index (χ4n) is 2.85. The van der Waals surface area contributed by atoms with Crippen LogP contribution in [0.3, 0.4) is 0 Å². The van der Waals surface area contributed by atoms with E-state index in [1.807, 2.05) is 0 Å². The lowest BCUT2D eigenvalue weighted by molar-refractivity contribution is -0.149. The maximum atomic E-state index is 11.9. The van der Waals surface area contributed by atoms with Gasteiger partial charge in [0.1, 0.15) is 5.54 Å². The van der Waals surface area contributed by atoms with Crippen molar-refractivity contribution < 1.29 is 9.53 Å². The van der Waals surface area contributed by atoms with Crippen LogP contribution in [0.5, 0.6) is 0 Å². The van der Waals surface area contributed by atoms with E-state index in [0.717, 1.165) is 19.4 Å². The summed E-state index contributed by atoms with van der Waals surface area (Å²) in [7, 11) is 0. The van der Waals surface area contributed by atoms with Crippen molar-refractivity contribution in [1.29, 1.82) is 0 Å². The first-order valence-electron chi connectivity index (χ1n) is 7.76. The number of carbonyl (C=O) groups is 1. The average Bonchev–Trinajstić information content (AvgIpc) is 2.46. The van der Waals surface area contributed by atoms with E-state index in [4.69, 9.17) is 10.5 Å². The highest BCUT2D eigenvalue weighted by atomic mass is 16.5. The minimum absolute atomic E-state index is 0.317. The van der Waals surface area contributed by atoms with Gasteiger partial charge in [-0.2, -0.15) is 0 Å². The van der Waals surface area contributed by atoms with E-state index < -0.39 is 5.54 Å². The number of para-hydroxylation sites is 1. The summed E-state index contributed by atoms with van der Waals surface area (Å²) in [5.74, 6) is -0.317. The number of ether oxygens (including phenoxy) is 1. The Balaban J connectivity index is 2.07. The summed E-state index contributed by atoms with van der Waals surface area (Å²) in [5.41, 5.74) is 7.85. The molecule has 2 rings (SSSR count). The Morgan fingerprint density at radius 1 is 1.48 bits per heavy atom. The van der Waals surface area contributed by atoms with Crippen molar-refractivity contribution in [3.8, 4) is 0 Å². The zero-order valence-corrected chi connectivity index (χ0v) is 13.3. The Kier molecular flexibility index (Phi) is 4.88. The molecule has 1 heterocycles. The highest BCUT2D eigenvalue weighted by molar-refractivity contribution is 5.80. The number of benzene rings is 1. The van der Waals surface area contributed by atoms with Gasteiger partial charge < -0.3 is 15.4 Å². The summed E-state index contributed by atoms with van der Waals surface area (Å²) in [6.45, 7) is 6.93. The van der Waals surface area contributed by atoms with Crippen LogP contribution < -0.4 is 10.6 Å². The predicted molar refractivity (Wildman–Crippen MR) is 85.4 cm³/mol. The third-order valence-electron chi connectivity index (χ3n) is 4.28. The van der Waals surface area contributed by atoms with E-state index >= 15 is 0 Å². The van der Waals surface area contributed by atoms with Crippen molar-refractivity contribution in [2.75, 3.05) is 18.1 Å². The highest BCUT2D eigenvalue weighted by Gasteiger charge is 2.32. The van der Waals surface area contributed by atoms with Gasteiger partial charge in [0.2, 0.25) is 0 Å². The third kappa shape index (κ3) is 3.56. The van der Waals surface area contributed by atoms with Gasteiger partial charge in [0.05, 0.1) is 6.61 Å². The molecule has 2 atom stereocenters. The van der Waals surface area contributed by atoms with E-state index in [9.17, 15) is 4.79 Å². The van der Waals surface area contributed by atoms with Gasteiger partial charge in [-0.25, -0.2) is 0 Å². The lowest BCUT2D eigenvalue weighted by Gasteiger charge is -2.38. The molecule has 116 valence electrons. The molecular weight excluding hydrogens is 264 g/mol. The predicted octanol–water partition coefficient (Wildman–Crippen LogP) is 2.50. The number of aryl methyl sites for hydroxylation is 1. The van der Waals surface area contributed by atoms with Crippen LogP contribution in [0.25, 0.3) is 0 Å². The van der Waals surface area contributed by atoms with E-state index in [2.05, 4.69) is 36.1 Å². The minimum atomic E-state index is -0.928. The number of nitrogens with two attached hydrogens (primary N) is 1. The molecule has 0 bridgehead atoms. The number of rotatable bonds is 5. The zero-order valence-electron chi connectivity index (χ0n) is 13.3. The molecule has 0 saturated heterocycles. The van der Waals surface area contributed by atoms with Gasteiger partial charge in [0.25, 0.3) is 0 Å². The lowest BCUT2D eigenvalue weighted by Crippen LogP contribution is -2.50. The molecule has 0 fully saturated rings. The first-order valence-corrected chi connectivity index (χ1v) is 7.76. The molecule has 4 nitrogen and oxygen atoms in total. The molecular formula is C17H26N2O2. The smallest absolute Gasteiger partial charge is 0.325 e. The molecule has 0 spiro atoms. The minimum Gasteiger partial charge on any atom is -0.465 e. The molecule has 2 unspecified atom stereocenters. The summed E-state index contributed by atoms with van der Waals surface area (Å²) < 4.78 is 5.06. The van der Waals surface area contributed by atoms with Crippen LogP contribution in [-0.4, -0.2) is 30.7 Å². The van der Waals surface area contributed by atoms with Crippen LogP contribution in [0.2, 0.25) is 0 Å². The topological polar surface area (TPSA) is 55.6 Å². The van der Waals surface area contributed by atoms with Crippen LogP contribution in [-0.2, 0) is 16.0 Å². The van der Waals surface area contributed by atoms with E-state index in [1.54, 1.807) is 13.8 Å². The first kappa shape index (κ1) is 15.8. The van der Waals surface area contributed by atoms with Crippen LogP contribution >= 0.6 is 0 Å². The zero-order chi connectivity index (χ0) is 15.5. The second-order valence-electron chi connectivity index (χ2n) is 6.10. The fourth-order valence-corrected chi connectivity index (χ4v) is 2.85. The summed E-state index contributed by atoms with van der Waals surface area (Å²) in [6.07, 6.45) is 2.84. The highest BCUT2D eigenvalue weighted by Crippen LogP contribution is 2.31. The van der Waals surface area contributed by atoms with Gasteiger partial charge in [-0.3, -0.25) is 4.79 Å². The Morgan fingerprint density at radius 3 is 2.90 bits per heavy atom. The first-order chi connectivity index (χ1) is 9.95. The molecule has 4 heteroatoms. The van der Waals surface area contributed by atoms with E-state index in [1.165, 1.54) is 11.3 Å². The fraction of sp³-hybridized carbons (Fsp3) is 0.588. The number of fused-ring (bicyclic) bond motifs is 1. The van der Waals surface area contributed by atoms with Gasteiger partial charge in [-0.15, -0.1) is 0 Å². The van der Waals surface area contributed by atoms with Gasteiger partial charge in [0.15, 0.2) is 0 Å². The molecule has 1 aromatic rings. The SMILES string of the molecule is CCOC(=O)C(C)(N)CCN1c2ccccc2CCC1C. The van der Waals surface area contributed by atoms with Gasteiger partial charge in [-0.05, 0) is 51.7 Å². The Bertz CT molecular complexity index is 499. The largest absolute Gasteiger partial charge is 0.465 e. The maximum Gasteiger partial charge on any atom is 0.325 e. The molecule has 0 amide bonds. The third-order valence-corrected chi connectivity index (χ3v) is 4.28. The molecule has 2 N–H and O–H groups in total. The van der Waals surface area contributed by atoms with E-state index in [0.29, 0.717) is 19.1 Å². The van der Waals surface area contributed by atoms with Crippen molar-refractivity contribution >= 4 is 11.7 Å². The Morgan fingerprint density at radius 2 is 2.19 bits per heavy atom. The summed E-state index contributed by atoms with van der Waals surface area (Å²) in [5, 5.41) is 0. The molecule has 1 aromatic carbocycles. The summed E-state index contributed by atoms with van der Waals surface area (Å²) >= 11 is 0. The van der Waals surface area contributed by atoms with Crippen LogP contribution in [0, 0.1) is 0 Å². The standard InChI is InChI=1S/C17H26N2O2/c1-4-21-16(20)17(3,18)11-12-19-13(2)9-10-14-7-5-6-8-15(14)19/h5-8,13H,4,9-12,18H2,1-3H3. The van der Waals surface area contributed by atoms with Gasteiger partial charge in [0, 0.05) is 18.3 Å². The average molecular weight is 290 g/mol. The van der Waals surface area contributed by atoms with Gasteiger partial charge in [-0.1, -0.05) is 18.2 Å². The number of esters is 1. The van der Waals surface area contributed by atoms with Crippen molar-refractivity contribution in [1.82, 2.24) is 0 Å². The quantitative estimate of drug-likeness (QED) is 0.847. The molecule has 1 aliphatic heterocycles. The lowest BCUT2D eigenvalue weighted by atomic mass is 9.94.